The first kappa shape index (κ1) is 19.5. The standard InChI is InChI=1S/C24H20N2O4/c27-25(28)15-23(21-11-9-17-5-1-3-7-19(17)13-21)24(16-26(29)30)22-12-10-18-6-2-4-8-20(18)14-22/h1-14,23-24H,15-16H2/t23-,24-/m1/s1. The zero-order valence-corrected chi connectivity index (χ0v) is 16.2. The monoisotopic (exact) mass is 400 g/mol. The summed E-state index contributed by atoms with van der Waals surface area (Å²) >= 11 is 0. The highest BCUT2D eigenvalue weighted by molar-refractivity contribution is 5.84. The first-order valence-corrected chi connectivity index (χ1v) is 9.72. The van der Waals surface area contributed by atoms with Crippen LogP contribution in [0.4, 0.5) is 0 Å². The van der Waals surface area contributed by atoms with Gasteiger partial charge in [-0.25, -0.2) is 0 Å². The Morgan fingerprint density at radius 3 is 1.30 bits per heavy atom. The molecule has 0 fully saturated rings. The molecule has 30 heavy (non-hydrogen) atoms. The van der Waals surface area contributed by atoms with E-state index in [9.17, 15) is 20.2 Å². The van der Waals surface area contributed by atoms with E-state index >= 15 is 0 Å². The minimum Gasteiger partial charge on any atom is -0.265 e. The molecular weight excluding hydrogens is 380 g/mol. The molecule has 0 aliphatic rings. The third kappa shape index (κ3) is 4.12. The van der Waals surface area contributed by atoms with E-state index in [2.05, 4.69) is 0 Å². The van der Waals surface area contributed by atoms with Crippen molar-refractivity contribution in [1.82, 2.24) is 0 Å². The molecule has 6 nitrogen and oxygen atoms in total. The lowest BCUT2D eigenvalue weighted by atomic mass is 9.80. The maximum Gasteiger partial charge on any atom is 0.211 e. The number of rotatable bonds is 7. The fourth-order valence-electron chi connectivity index (χ4n) is 4.13. The highest BCUT2D eigenvalue weighted by Crippen LogP contribution is 2.36. The Morgan fingerprint density at radius 2 is 0.933 bits per heavy atom. The highest BCUT2D eigenvalue weighted by atomic mass is 16.6. The summed E-state index contributed by atoms with van der Waals surface area (Å²) in [6.45, 7) is -0.743. The molecule has 150 valence electrons. The number of fused-ring (bicyclic) bond motifs is 2. The Labute approximate surface area is 173 Å². The molecule has 4 aromatic rings. The number of nitrogens with zero attached hydrogens (tertiary/aromatic N) is 2. The third-order valence-corrected chi connectivity index (χ3v) is 5.58. The Morgan fingerprint density at radius 1 is 0.567 bits per heavy atom. The van der Waals surface area contributed by atoms with Crippen molar-refractivity contribution < 1.29 is 9.85 Å². The molecule has 0 unspecified atom stereocenters. The average Bonchev–Trinajstić information content (AvgIpc) is 2.75. The van der Waals surface area contributed by atoms with Crippen molar-refractivity contribution in [3.63, 3.8) is 0 Å². The Bertz CT molecular complexity index is 1140. The third-order valence-electron chi connectivity index (χ3n) is 5.58. The quantitative estimate of drug-likeness (QED) is 0.306. The normalized spacial score (nSPS) is 13.2. The molecule has 0 heterocycles. The van der Waals surface area contributed by atoms with Crippen LogP contribution in [0.25, 0.3) is 21.5 Å². The molecule has 4 rings (SSSR count). The fraction of sp³-hybridized carbons (Fsp3) is 0.167. The van der Waals surface area contributed by atoms with Crippen LogP contribution in [0.5, 0.6) is 0 Å². The molecule has 0 aliphatic heterocycles. The summed E-state index contributed by atoms with van der Waals surface area (Å²) in [6.07, 6.45) is 0. The van der Waals surface area contributed by atoms with Crippen molar-refractivity contribution in [3.8, 4) is 0 Å². The van der Waals surface area contributed by atoms with Gasteiger partial charge in [-0.3, -0.25) is 20.2 Å². The van der Waals surface area contributed by atoms with Crippen molar-refractivity contribution in [3.05, 3.63) is 116 Å². The van der Waals surface area contributed by atoms with Crippen molar-refractivity contribution in [2.45, 2.75) is 11.8 Å². The van der Waals surface area contributed by atoms with Gasteiger partial charge in [-0.15, -0.1) is 0 Å². The Balaban J connectivity index is 1.84. The van der Waals surface area contributed by atoms with Gasteiger partial charge in [0.05, 0.1) is 11.8 Å². The molecule has 0 aliphatic carbocycles. The number of hydrogen-bond donors (Lipinski definition) is 0. The van der Waals surface area contributed by atoms with Gasteiger partial charge in [0.15, 0.2) is 0 Å². The predicted octanol–water partition coefficient (Wildman–Crippen LogP) is 5.41. The zero-order valence-electron chi connectivity index (χ0n) is 16.2. The van der Waals surface area contributed by atoms with E-state index in [1.165, 1.54) is 0 Å². The van der Waals surface area contributed by atoms with Gasteiger partial charge in [0.1, 0.15) is 0 Å². The summed E-state index contributed by atoms with van der Waals surface area (Å²) in [5, 5.41) is 27.0. The molecule has 6 heteroatoms. The second kappa shape index (κ2) is 8.29. The maximum atomic E-state index is 11.5. The Kier molecular flexibility index (Phi) is 5.39. The van der Waals surface area contributed by atoms with Crippen LogP contribution in [0.1, 0.15) is 23.0 Å². The van der Waals surface area contributed by atoms with Crippen LogP contribution in [0.3, 0.4) is 0 Å². The lowest BCUT2D eigenvalue weighted by Crippen LogP contribution is -2.25. The minimum atomic E-state index is -0.615. The molecule has 4 aromatic carbocycles. The molecule has 0 N–H and O–H groups in total. The van der Waals surface area contributed by atoms with Gasteiger partial charge in [0, 0.05) is 9.85 Å². The summed E-state index contributed by atoms with van der Waals surface area (Å²) in [7, 11) is 0. The van der Waals surface area contributed by atoms with Crippen LogP contribution < -0.4 is 0 Å². The lowest BCUT2D eigenvalue weighted by molar-refractivity contribution is -0.498. The first-order valence-electron chi connectivity index (χ1n) is 9.72. The number of hydrogen-bond acceptors (Lipinski definition) is 4. The summed E-state index contributed by atoms with van der Waals surface area (Å²) in [5.74, 6) is -1.23. The van der Waals surface area contributed by atoms with E-state index in [1.54, 1.807) is 0 Å². The molecule has 0 radical (unpaired) electrons. The molecule has 2 atom stereocenters. The van der Waals surface area contributed by atoms with E-state index < -0.39 is 11.8 Å². The van der Waals surface area contributed by atoms with Gasteiger partial charge in [0.25, 0.3) is 0 Å². The molecule has 0 bridgehead atoms. The molecule has 0 spiro atoms. The van der Waals surface area contributed by atoms with Crippen molar-refractivity contribution in [2.24, 2.45) is 0 Å². The number of nitro groups is 2. The molecule has 0 saturated heterocycles. The van der Waals surface area contributed by atoms with Crippen LogP contribution in [0.15, 0.2) is 84.9 Å². The van der Waals surface area contributed by atoms with E-state index in [-0.39, 0.29) is 22.9 Å². The van der Waals surface area contributed by atoms with Crippen molar-refractivity contribution in [2.75, 3.05) is 13.1 Å². The lowest BCUT2D eigenvalue weighted by Gasteiger charge is -2.23. The largest absolute Gasteiger partial charge is 0.265 e. The predicted molar refractivity (Wildman–Crippen MR) is 117 cm³/mol. The summed E-state index contributed by atoms with van der Waals surface area (Å²) in [5.41, 5.74) is 1.48. The Hall–Kier alpha value is -3.80. The van der Waals surface area contributed by atoms with Gasteiger partial charge in [-0.05, 0) is 32.7 Å². The van der Waals surface area contributed by atoms with E-state index in [1.807, 2.05) is 84.9 Å². The maximum absolute atomic E-state index is 11.5. The van der Waals surface area contributed by atoms with Gasteiger partial charge in [-0.1, -0.05) is 84.9 Å². The van der Waals surface area contributed by atoms with Crippen LogP contribution >= 0.6 is 0 Å². The fourth-order valence-corrected chi connectivity index (χ4v) is 4.13. The summed E-state index contributed by atoms with van der Waals surface area (Å²) in [6, 6.07) is 26.9. The van der Waals surface area contributed by atoms with Crippen LogP contribution in [0, 0.1) is 20.2 Å². The zero-order chi connectivity index (χ0) is 21.1. The van der Waals surface area contributed by atoms with Gasteiger partial charge < -0.3 is 0 Å². The van der Waals surface area contributed by atoms with Crippen molar-refractivity contribution >= 4 is 21.5 Å². The summed E-state index contributed by atoms with van der Waals surface area (Å²) in [4.78, 5) is 22.3. The molecule has 0 saturated carbocycles. The van der Waals surface area contributed by atoms with Gasteiger partial charge in [0.2, 0.25) is 13.1 Å². The molecule has 0 aromatic heterocycles. The molecule has 0 amide bonds. The van der Waals surface area contributed by atoms with Gasteiger partial charge in [-0.2, -0.15) is 0 Å². The summed E-state index contributed by atoms with van der Waals surface area (Å²) < 4.78 is 0. The minimum absolute atomic E-state index is 0.371. The van der Waals surface area contributed by atoms with E-state index in [0.717, 1.165) is 32.7 Å². The second-order valence-electron chi connectivity index (χ2n) is 7.46. The first-order chi connectivity index (χ1) is 14.5. The SMILES string of the molecule is O=[N+]([O-])C[C@H](c1ccc2ccccc2c1)[C@H](C[N+](=O)[O-])c1ccc2ccccc2c1. The van der Waals surface area contributed by atoms with Crippen molar-refractivity contribution in [1.29, 1.82) is 0 Å². The van der Waals surface area contributed by atoms with Gasteiger partial charge >= 0.3 is 0 Å². The average molecular weight is 400 g/mol. The number of benzene rings is 4. The van der Waals surface area contributed by atoms with E-state index in [0.29, 0.717) is 0 Å². The topological polar surface area (TPSA) is 86.3 Å². The molecular formula is C24H20N2O4. The second-order valence-corrected chi connectivity index (χ2v) is 7.46. The van der Waals surface area contributed by atoms with E-state index in [4.69, 9.17) is 0 Å². The van der Waals surface area contributed by atoms with Crippen LogP contribution in [0.2, 0.25) is 0 Å². The highest BCUT2D eigenvalue weighted by Gasteiger charge is 2.33. The van der Waals surface area contributed by atoms with Crippen LogP contribution in [-0.2, 0) is 0 Å². The smallest absolute Gasteiger partial charge is 0.211 e. The van der Waals surface area contributed by atoms with Crippen LogP contribution in [-0.4, -0.2) is 22.9 Å².